The van der Waals surface area contributed by atoms with Crippen LogP contribution in [0.2, 0.25) is 0 Å². The molecule has 0 aliphatic rings. The zero-order valence-corrected chi connectivity index (χ0v) is 15.7. The molecule has 0 aliphatic carbocycles. The molecule has 0 aliphatic heterocycles. The van der Waals surface area contributed by atoms with Gasteiger partial charge in [-0.25, -0.2) is 0 Å². The summed E-state index contributed by atoms with van der Waals surface area (Å²) in [6, 6.07) is 6.40. The van der Waals surface area contributed by atoms with E-state index in [-0.39, 0.29) is 5.69 Å². The summed E-state index contributed by atoms with van der Waals surface area (Å²) in [4.78, 5) is 10.2. The molecular formula is C21H29N2O2. The number of nitro groups is 1. The molecule has 1 N–H and O–H groups in total. The standard InChI is InChI=1S/C21H29N2O2/c1-17(2)7-5-8-18(3)9-6-10-19(4)15-16-22-20-11-13-21(14-12-20)23(24)25/h7,9,11-16,22H,5-6,8,10H2,1-4H3. The molecule has 0 fully saturated rings. The molecule has 0 saturated heterocycles. The number of allylic oxidation sites excluding steroid dienone is 5. The predicted octanol–water partition coefficient (Wildman–Crippen LogP) is 6.59. The molecule has 0 heterocycles. The lowest BCUT2D eigenvalue weighted by molar-refractivity contribution is -0.384. The van der Waals surface area contributed by atoms with Crippen LogP contribution < -0.4 is 5.32 Å². The maximum atomic E-state index is 10.6. The number of rotatable bonds is 10. The second kappa shape index (κ2) is 11.2. The molecule has 0 bridgehead atoms. The van der Waals surface area contributed by atoms with Gasteiger partial charge in [-0.05, 0) is 65.5 Å². The van der Waals surface area contributed by atoms with Crippen molar-refractivity contribution in [3.63, 3.8) is 0 Å². The second-order valence-electron chi connectivity index (χ2n) is 6.54. The molecule has 25 heavy (non-hydrogen) atoms. The van der Waals surface area contributed by atoms with Gasteiger partial charge in [-0.3, -0.25) is 10.1 Å². The van der Waals surface area contributed by atoms with Gasteiger partial charge in [0.05, 0.1) is 11.5 Å². The van der Waals surface area contributed by atoms with E-state index in [9.17, 15) is 10.1 Å². The first-order valence-electron chi connectivity index (χ1n) is 8.67. The fraction of sp³-hybridized carbons (Fsp3) is 0.381. The first kappa shape index (κ1) is 20.7. The molecular weight excluding hydrogens is 312 g/mol. The van der Waals surface area contributed by atoms with Gasteiger partial charge in [0.1, 0.15) is 0 Å². The summed E-state index contributed by atoms with van der Waals surface area (Å²) in [5, 5.41) is 13.7. The normalized spacial score (nSPS) is 12.0. The molecule has 135 valence electrons. The molecule has 0 spiro atoms. The summed E-state index contributed by atoms with van der Waals surface area (Å²) < 4.78 is 0. The van der Waals surface area contributed by atoms with Crippen molar-refractivity contribution in [3.05, 3.63) is 75.9 Å². The van der Waals surface area contributed by atoms with Crippen LogP contribution in [0.5, 0.6) is 0 Å². The van der Waals surface area contributed by atoms with Gasteiger partial charge >= 0.3 is 0 Å². The van der Waals surface area contributed by atoms with Crippen LogP contribution in [0.15, 0.2) is 59.2 Å². The van der Waals surface area contributed by atoms with Crippen molar-refractivity contribution in [1.29, 1.82) is 0 Å². The van der Waals surface area contributed by atoms with E-state index in [2.05, 4.69) is 45.2 Å². The smallest absolute Gasteiger partial charge is 0.269 e. The van der Waals surface area contributed by atoms with Crippen molar-refractivity contribution >= 4 is 11.4 Å². The molecule has 0 aromatic heterocycles. The van der Waals surface area contributed by atoms with E-state index in [0.717, 1.165) is 31.4 Å². The molecule has 0 atom stereocenters. The fourth-order valence-corrected chi connectivity index (χ4v) is 2.28. The van der Waals surface area contributed by atoms with Gasteiger partial charge in [0.15, 0.2) is 0 Å². The number of hydrogen-bond donors (Lipinski definition) is 1. The number of nitrogens with zero attached hydrogens (tertiary/aromatic N) is 1. The minimum Gasteiger partial charge on any atom is -0.376 e. The molecule has 1 aromatic carbocycles. The van der Waals surface area contributed by atoms with Gasteiger partial charge < -0.3 is 5.32 Å². The SMILES string of the molecule is CC(C)=CCCC(C)=CCCC(C)=C[CH]Nc1ccc([N+](=O)[O-])cc1. The highest BCUT2D eigenvalue weighted by Gasteiger charge is 2.02. The molecule has 4 nitrogen and oxygen atoms in total. The van der Waals surface area contributed by atoms with Crippen molar-refractivity contribution in [1.82, 2.24) is 0 Å². The Balaban J connectivity index is 2.31. The van der Waals surface area contributed by atoms with E-state index in [1.165, 1.54) is 28.9 Å². The van der Waals surface area contributed by atoms with Crippen LogP contribution in [0.4, 0.5) is 11.4 Å². The van der Waals surface area contributed by atoms with E-state index in [4.69, 9.17) is 0 Å². The largest absolute Gasteiger partial charge is 0.376 e. The Morgan fingerprint density at radius 1 is 1.00 bits per heavy atom. The highest BCUT2D eigenvalue weighted by atomic mass is 16.6. The topological polar surface area (TPSA) is 55.2 Å². The monoisotopic (exact) mass is 341 g/mol. The van der Waals surface area contributed by atoms with Crippen LogP contribution in [0.25, 0.3) is 0 Å². The van der Waals surface area contributed by atoms with Crippen molar-refractivity contribution in [3.8, 4) is 0 Å². The molecule has 1 aromatic rings. The molecule has 0 unspecified atom stereocenters. The molecule has 1 radical (unpaired) electrons. The third-order valence-corrected chi connectivity index (χ3v) is 3.82. The van der Waals surface area contributed by atoms with Crippen LogP contribution in [0, 0.1) is 16.7 Å². The highest BCUT2D eigenvalue weighted by molar-refractivity contribution is 5.50. The fourth-order valence-electron chi connectivity index (χ4n) is 2.28. The van der Waals surface area contributed by atoms with Gasteiger partial charge in [0.2, 0.25) is 0 Å². The van der Waals surface area contributed by atoms with Gasteiger partial charge in [0, 0.05) is 17.8 Å². The Morgan fingerprint density at radius 3 is 2.20 bits per heavy atom. The maximum absolute atomic E-state index is 10.6. The molecule has 1 rings (SSSR count). The Bertz CT molecular complexity index is 636. The summed E-state index contributed by atoms with van der Waals surface area (Å²) in [7, 11) is 0. The van der Waals surface area contributed by atoms with Gasteiger partial charge in [-0.2, -0.15) is 0 Å². The number of nitrogens with one attached hydrogen (secondary N) is 1. The average molecular weight is 341 g/mol. The summed E-state index contributed by atoms with van der Waals surface area (Å²) in [6.45, 7) is 10.4. The number of anilines is 1. The Hall–Kier alpha value is -2.36. The van der Waals surface area contributed by atoms with Crippen molar-refractivity contribution < 1.29 is 4.92 Å². The number of benzene rings is 1. The van der Waals surface area contributed by atoms with E-state index >= 15 is 0 Å². The average Bonchev–Trinajstić information content (AvgIpc) is 2.55. The Kier molecular flexibility index (Phi) is 9.30. The maximum Gasteiger partial charge on any atom is 0.269 e. The van der Waals surface area contributed by atoms with E-state index < -0.39 is 4.92 Å². The van der Waals surface area contributed by atoms with Crippen molar-refractivity contribution in [2.75, 3.05) is 5.32 Å². The van der Waals surface area contributed by atoms with E-state index in [1.807, 2.05) is 12.6 Å². The van der Waals surface area contributed by atoms with Crippen molar-refractivity contribution in [2.45, 2.75) is 53.4 Å². The molecule has 4 heteroatoms. The van der Waals surface area contributed by atoms with E-state index in [0.29, 0.717) is 0 Å². The third kappa shape index (κ3) is 9.50. The number of hydrogen-bond acceptors (Lipinski definition) is 3. The minimum atomic E-state index is -0.396. The Labute approximate surface area is 151 Å². The summed E-state index contributed by atoms with van der Waals surface area (Å²) in [5.41, 5.74) is 5.05. The summed E-state index contributed by atoms with van der Waals surface area (Å²) in [5.74, 6) is 0. The number of nitro benzene ring substituents is 1. The summed E-state index contributed by atoms with van der Waals surface area (Å²) >= 11 is 0. The van der Waals surface area contributed by atoms with E-state index in [1.54, 1.807) is 12.1 Å². The van der Waals surface area contributed by atoms with Crippen LogP contribution in [0.3, 0.4) is 0 Å². The summed E-state index contributed by atoms with van der Waals surface area (Å²) in [6.07, 6.45) is 11.0. The quantitative estimate of drug-likeness (QED) is 0.297. The predicted molar refractivity (Wildman–Crippen MR) is 106 cm³/mol. The van der Waals surface area contributed by atoms with Gasteiger partial charge in [0.25, 0.3) is 5.69 Å². The molecule has 0 amide bonds. The third-order valence-electron chi connectivity index (χ3n) is 3.82. The zero-order chi connectivity index (χ0) is 18.7. The number of non-ortho nitro benzene ring substituents is 1. The zero-order valence-electron chi connectivity index (χ0n) is 15.7. The first-order chi connectivity index (χ1) is 11.9. The second-order valence-corrected chi connectivity index (χ2v) is 6.54. The highest BCUT2D eigenvalue weighted by Crippen LogP contribution is 2.16. The Morgan fingerprint density at radius 2 is 1.60 bits per heavy atom. The lowest BCUT2D eigenvalue weighted by atomic mass is 10.1. The van der Waals surface area contributed by atoms with Gasteiger partial charge in [-0.1, -0.05) is 34.9 Å². The molecule has 0 saturated carbocycles. The van der Waals surface area contributed by atoms with Crippen LogP contribution in [0.1, 0.15) is 53.4 Å². The van der Waals surface area contributed by atoms with Crippen LogP contribution in [-0.4, -0.2) is 4.92 Å². The van der Waals surface area contributed by atoms with Crippen molar-refractivity contribution in [2.24, 2.45) is 0 Å². The van der Waals surface area contributed by atoms with Crippen LogP contribution >= 0.6 is 0 Å². The lowest BCUT2D eigenvalue weighted by Crippen LogP contribution is -1.94. The van der Waals surface area contributed by atoms with Gasteiger partial charge in [-0.15, -0.1) is 0 Å². The minimum absolute atomic E-state index is 0.101. The first-order valence-corrected chi connectivity index (χ1v) is 8.67. The lowest BCUT2D eigenvalue weighted by Gasteiger charge is -2.04. The van der Waals surface area contributed by atoms with Crippen LogP contribution in [-0.2, 0) is 0 Å².